The minimum atomic E-state index is -0.989. The van der Waals surface area contributed by atoms with Crippen LogP contribution in [0.3, 0.4) is 0 Å². The summed E-state index contributed by atoms with van der Waals surface area (Å²) in [4.78, 5) is 13.0. The van der Waals surface area contributed by atoms with Crippen molar-refractivity contribution in [3.8, 4) is 0 Å². The molecule has 0 amide bonds. The van der Waals surface area contributed by atoms with Gasteiger partial charge in [-0.3, -0.25) is 0 Å². The van der Waals surface area contributed by atoms with E-state index in [1.54, 1.807) is 42.7 Å². The molecule has 5 nitrogen and oxygen atoms in total. The predicted molar refractivity (Wildman–Crippen MR) is 68.6 cm³/mol. The summed E-state index contributed by atoms with van der Waals surface area (Å²) in [6.07, 6.45) is 3.20. The van der Waals surface area contributed by atoms with E-state index >= 15 is 0 Å². The maximum atomic E-state index is 11.2. The van der Waals surface area contributed by atoms with Gasteiger partial charge in [-0.25, -0.2) is 4.79 Å². The number of nitrogens with zero attached hydrogens (tertiary/aromatic N) is 1. The molecule has 0 bridgehead atoms. The molecule has 0 saturated carbocycles. The highest BCUT2D eigenvalue weighted by molar-refractivity contribution is 5.97. The zero-order valence-corrected chi connectivity index (χ0v) is 9.96. The van der Waals surface area contributed by atoms with Gasteiger partial charge in [0.05, 0.1) is 29.5 Å². The van der Waals surface area contributed by atoms with Gasteiger partial charge in [-0.15, -0.1) is 0 Å². The second-order valence-electron chi connectivity index (χ2n) is 4.04. The first kappa shape index (κ1) is 12.0. The van der Waals surface area contributed by atoms with Gasteiger partial charge in [0.1, 0.15) is 0 Å². The largest absolute Gasteiger partial charge is 0.478 e. The Labute approximate surface area is 104 Å². The highest BCUT2D eigenvalue weighted by atomic mass is 16.4. The Balaban J connectivity index is 2.34. The summed E-state index contributed by atoms with van der Waals surface area (Å²) in [6, 6.07) is 6.69. The zero-order valence-electron chi connectivity index (χ0n) is 9.96. The fourth-order valence-electron chi connectivity index (χ4n) is 1.90. The van der Waals surface area contributed by atoms with Crippen molar-refractivity contribution in [2.24, 2.45) is 0 Å². The van der Waals surface area contributed by atoms with Crippen molar-refractivity contribution >= 4 is 17.3 Å². The number of benzene rings is 1. The molecule has 5 heteroatoms. The third-order valence-electron chi connectivity index (χ3n) is 2.68. The Morgan fingerprint density at radius 1 is 1.44 bits per heavy atom. The molecule has 0 aliphatic carbocycles. The number of rotatable bonds is 4. The average molecular weight is 246 g/mol. The van der Waals surface area contributed by atoms with Crippen LogP contribution in [0.2, 0.25) is 0 Å². The summed E-state index contributed by atoms with van der Waals surface area (Å²) < 4.78 is 4.98. The van der Waals surface area contributed by atoms with Crippen LogP contribution in [0.15, 0.2) is 41.2 Å². The van der Waals surface area contributed by atoms with E-state index in [1.807, 2.05) is 6.07 Å². The molecule has 1 aromatic heterocycles. The van der Waals surface area contributed by atoms with E-state index in [-0.39, 0.29) is 5.56 Å². The molecular weight excluding hydrogens is 232 g/mol. The van der Waals surface area contributed by atoms with Crippen LogP contribution in [-0.4, -0.2) is 18.1 Å². The van der Waals surface area contributed by atoms with Crippen LogP contribution in [-0.2, 0) is 6.54 Å². The first-order valence-corrected chi connectivity index (χ1v) is 5.43. The molecule has 3 N–H and O–H groups in total. The van der Waals surface area contributed by atoms with E-state index in [2.05, 4.69) is 0 Å². The van der Waals surface area contributed by atoms with Crippen molar-refractivity contribution in [2.75, 3.05) is 17.7 Å². The molecule has 0 atom stereocenters. The molecule has 0 aliphatic heterocycles. The minimum absolute atomic E-state index is 0.195. The van der Waals surface area contributed by atoms with Gasteiger partial charge >= 0.3 is 5.97 Å². The van der Waals surface area contributed by atoms with E-state index in [1.165, 1.54) is 0 Å². The molecular formula is C13H14N2O3. The third kappa shape index (κ3) is 2.29. The summed E-state index contributed by atoms with van der Waals surface area (Å²) in [6.45, 7) is 0.533. The van der Waals surface area contributed by atoms with Crippen LogP contribution in [0.4, 0.5) is 11.4 Å². The van der Waals surface area contributed by atoms with Gasteiger partial charge in [0, 0.05) is 19.2 Å². The number of hydrogen-bond donors (Lipinski definition) is 2. The van der Waals surface area contributed by atoms with E-state index < -0.39 is 5.97 Å². The number of para-hydroxylation sites is 1. The number of carbonyl (C=O) groups is 1. The molecule has 0 radical (unpaired) electrons. The van der Waals surface area contributed by atoms with Crippen molar-refractivity contribution in [1.82, 2.24) is 0 Å². The number of nitrogen functional groups attached to an aromatic ring is 1. The highest BCUT2D eigenvalue weighted by Crippen LogP contribution is 2.28. The predicted octanol–water partition coefficient (Wildman–Crippen LogP) is 2.20. The number of carboxylic acid groups (broad SMARTS) is 1. The molecule has 0 saturated heterocycles. The fraction of sp³-hybridized carbons (Fsp3) is 0.154. The Kier molecular flexibility index (Phi) is 3.23. The average Bonchev–Trinajstić information content (AvgIpc) is 2.81. The lowest BCUT2D eigenvalue weighted by Crippen LogP contribution is -2.20. The zero-order chi connectivity index (χ0) is 13.1. The van der Waals surface area contributed by atoms with Crippen molar-refractivity contribution in [3.05, 3.63) is 47.9 Å². The maximum Gasteiger partial charge on any atom is 0.337 e. The molecule has 2 rings (SSSR count). The number of nitrogens with two attached hydrogens (primary N) is 1. The van der Waals surface area contributed by atoms with Crippen LogP contribution in [0.25, 0.3) is 0 Å². The van der Waals surface area contributed by atoms with Gasteiger partial charge in [-0.2, -0.15) is 0 Å². The second-order valence-corrected chi connectivity index (χ2v) is 4.04. The fourth-order valence-corrected chi connectivity index (χ4v) is 1.90. The van der Waals surface area contributed by atoms with Crippen LogP contribution in [0.5, 0.6) is 0 Å². The van der Waals surface area contributed by atoms with Crippen molar-refractivity contribution in [2.45, 2.75) is 6.54 Å². The summed E-state index contributed by atoms with van der Waals surface area (Å²) in [5, 5.41) is 9.16. The minimum Gasteiger partial charge on any atom is -0.478 e. The number of furan rings is 1. The first-order chi connectivity index (χ1) is 8.59. The summed E-state index contributed by atoms with van der Waals surface area (Å²) in [5.41, 5.74) is 7.98. The van der Waals surface area contributed by atoms with Crippen LogP contribution in [0, 0.1) is 0 Å². The third-order valence-corrected chi connectivity index (χ3v) is 2.68. The molecule has 1 heterocycles. The number of anilines is 2. The van der Waals surface area contributed by atoms with Gasteiger partial charge in [-0.1, -0.05) is 6.07 Å². The van der Waals surface area contributed by atoms with Crippen molar-refractivity contribution < 1.29 is 14.3 Å². The second kappa shape index (κ2) is 4.83. The van der Waals surface area contributed by atoms with Crippen LogP contribution in [0.1, 0.15) is 15.9 Å². The Bertz CT molecular complexity index is 549. The van der Waals surface area contributed by atoms with Crippen molar-refractivity contribution in [1.29, 1.82) is 0 Å². The normalized spacial score (nSPS) is 10.3. The lowest BCUT2D eigenvalue weighted by atomic mass is 10.1. The number of hydrogen-bond acceptors (Lipinski definition) is 4. The molecule has 1 aromatic carbocycles. The van der Waals surface area contributed by atoms with E-state index in [4.69, 9.17) is 15.3 Å². The van der Waals surface area contributed by atoms with Crippen molar-refractivity contribution in [3.63, 3.8) is 0 Å². The Hall–Kier alpha value is -2.43. The quantitative estimate of drug-likeness (QED) is 0.808. The topological polar surface area (TPSA) is 79.7 Å². The van der Waals surface area contributed by atoms with Gasteiger partial charge in [-0.05, 0) is 18.2 Å². The van der Waals surface area contributed by atoms with Crippen LogP contribution < -0.4 is 10.6 Å². The molecule has 0 spiro atoms. The number of carboxylic acids is 1. The standard InChI is InChI=1S/C13H14N2O3/c1-15(7-9-5-6-18-8-9)12-10(13(16)17)3-2-4-11(12)14/h2-6,8H,7,14H2,1H3,(H,16,17). The van der Waals surface area contributed by atoms with E-state index in [9.17, 15) is 4.79 Å². The van der Waals surface area contributed by atoms with Gasteiger partial charge in [0.2, 0.25) is 0 Å². The summed E-state index contributed by atoms with van der Waals surface area (Å²) in [5.74, 6) is -0.989. The lowest BCUT2D eigenvalue weighted by Gasteiger charge is -2.22. The van der Waals surface area contributed by atoms with Crippen LogP contribution >= 0.6 is 0 Å². The maximum absolute atomic E-state index is 11.2. The van der Waals surface area contributed by atoms with E-state index in [0.717, 1.165) is 5.56 Å². The SMILES string of the molecule is CN(Cc1ccoc1)c1c(N)cccc1C(=O)O. The summed E-state index contributed by atoms with van der Waals surface area (Å²) in [7, 11) is 1.80. The Morgan fingerprint density at radius 3 is 2.83 bits per heavy atom. The van der Waals surface area contributed by atoms with E-state index in [0.29, 0.717) is 17.9 Å². The highest BCUT2D eigenvalue weighted by Gasteiger charge is 2.16. The molecule has 2 aromatic rings. The van der Waals surface area contributed by atoms with Gasteiger partial charge in [0.25, 0.3) is 0 Å². The molecule has 94 valence electrons. The molecule has 0 unspecified atom stereocenters. The lowest BCUT2D eigenvalue weighted by molar-refractivity contribution is 0.0697. The smallest absolute Gasteiger partial charge is 0.337 e. The van der Waals surface area contributed by atoms with Gasteiger partial charge < -0.3 is 20.2 Å². The molecule has 0 aliphatic rings. The number of aromatic carboxylic acids is 1. The Morgan fingerprint density at radius 2 is 2.22 bits per heavy atom. The summed E-state index contributed by atoms with van der Waals surface area (Å²) >= 11 is 0. The molecule has 0 fully saturated rings. The first-order valence-electron chi connectivity index (χ1n) is 5.43. The van der Waals surface area contributed by atoms with Gasteiger partial charge in [0.15, 0.2) is 0 Å². The monoisotopic (exact) mass is 246 g/mol. The molecule has 18 heavy (non-hydrogen) atoms.